The number of aryl methyl sites for hydroxylation is 1. The minimum absolute atomic E-state index is 0.251. The first-order valence-corrected chi connectivity index (χ1v) is 10.3. The Morgan fingerprint density at radius 3 is 2.13 bits per heavy atom. The smallest absolute Gasteiger partial charge is 0.175 e. The van der Waals surface area contributed by atoms with Gasteiger partial charge in [-0.05, 0) is 32.1 Å². The van der Waals surface area contributed by atoms with E-state index in [1.807, 2.05) is 21.8 Å². The number of nitrogens with zero attached hydrogens (tertiary/aromatic N) is 6. The average molecular weight is 439 g/mol. The van der Waals surface area contributed by atoms with Crippen LogP contribution in [0.2, 0.25) is 0 Å². The van der Waals surface area contributed by atoms with Crippen LogP contribution < -0.4 is 10.6 Å². The molecule has 3 heterocycles. The number of thiocarbonyl (C=S) groups is 1. The Bertz CT molecular complexity index is 1190. The molecule has 31 heavy (non-hydrogen) atoms. The average Bonchev–Trinajstić information content (AvgIpc) is 3.46. The fraction of sp³-hybridized carbons (Fsp3) is 0.238. The van der Waals surface area contributed by atoms with Gasteiger partial charge in [0.15, 0.2) is 5.11 Å². The topological polar surface area (TPSA) is 77.5 Å². The molecular weight excluding hydrogens is 415 g/mol. The molecule has 4 aromatic rings. The summed E-state index contributed by atoms with van der Waals surface area (Å²) in [6, 6.07) is 6.65. The molecule has 0 aliphatic heterocycles. The molecule has 0 saturated heterocycles. The molecule has 0 atom stereocenters. The van der Waals surface area contributed by atoms with Crippen molar-refractivity contribution < 1.29 is 4.39 Å². The number of anilines is 2. The molecule has 1 aromatic carbocycles. The first-order chi connectivity index (χ1) is 15.0. The molecule has 10 heteroatoms. The predicted octanol–water partition coefficient (Wildman–Crippen LogP) is 3.65. The van der Waals surface area contributed by atoms with Crippen LogP contribution in [0.5, 0.6) is 0 Å². The summed E-state index contributed by atoms with van der Waals surface area (Å²) in [6.07, 6.45) is 8.90. The number of hydrogen-bond donors (Lipinski definition) is 2. The van der Waals surface area contributed by atoms with Gasteiger partial charge in [0, 0.05) is 35.8 Å². The van der Waals surface area contributed by atoms with Crippen molar-refractivity contribution in [2.75, 3.05) is 10.6 Å². The van der Waals surface area contributed by atoms with Gasteiger partial charge < -0.3 is 10.6 Å². The van der Waals surface area contributed by atoms with Crippen molar-refractivity contribution in [3.8, 4) is 0 Å². The fourth-order valence-electron chi connectivity index (χ4n) is 3.26. The second kappa shape index (κ2) is 9.09. The highest BCUT2D eigenvalue weighted by Gasteiger charge is 2.09. The lowest BCUT2D eigenvalue weighted by molar-refractivity contribution is 0.585. The minimum Gasteiger partial charge on any atom is -0.330 e. The van der Waals surface area contributed by atoms with Gasteiger partial charge in [-0.15, -0.1) is 0 Å². The molecule has 4 rings (SSSR count). The van der Waals surface area contributed by atoms with Crippen molar-refractivity contribution in [1.29, 1.82) is 0 Å². The van der Waals surface area contributed by atoms with Gasteiger partial charge in [0.05, 0.1) is 43.1 Å². The monoisotopic (exact) mass is 438 g/mol. The van der Waals surface area contributed by atoms with E-state index in [-0.39, 0.29) is 5.82 Å². The molecule has 3 aromatic heterocycles. The zero-order chi connectivity index (χ0) is 21.8. The molecule has 0 saturated carbocycles. The third-order valence-corrected chi connectivity index (χ3v) is 5.11. The summed E-state index contributed by atoms with van der Waals surface area (Å²) < 4.78 is 19.3. The summed E-state index contributed by atoms with van der Waals surface area (Å²) in [4.78, 5) is 0. The normalized spacial score (nSPS) is 10.9. The molecule has 0 spiro atoms. The highest BCUT2D eigenvalue weighted by molar-refractivity contribution is 7.80. The first-order valence-electron chi connectivity index (χ1n) is 9.89. The molecule has 0 amide bonds. The van der Waals surface area contributed by atoms with Gasteiger partial charge >= 0.3 is 0 Å². The lowest BCUT2D eigenvalue weighted by Crippen LogP contribution is -2.18. The molecule has 0 radical (unpaired) electrons. The van der Waals surface area contributed by atoms with Crippen LogP contribution in [-0.4, -0.2) is 34.5 Å². The van der Waals surface area contributed by atoms with Crippen molar-refractivity contribution in [3.05, 3.63) is 77.9 Å². The van der Waals surface area contributed by atoms with Crippen LogP contribution in [0.3, 0.4) is 0 Å². The summed E-state index contributed by atoms with van der Waals surface area (Å²) in [5.41, 5.74) is 4.32. The maximum atomic E-state index is 13.8. The van der Waals surface area contributed by atoms with Crippen molar-refractivity contribution in [1.82, 2.24) is 29.3 Å². The van der Waals surface area contributed by atoms with E-state index in [2.05, 4.69) is 39.8 Å². The Labute approximate surface area is 184 Å². The third-order valence-electron chi connectivity index (χ3n) is 4.91. The highest BCUT2D eigenvalue weighted by atomic mass is 32.1. The van der Waals surface area contributed by atoms with Crippen molar-refractivity contribution >= 4 is 28.7 Å². The maximum absolute atomic E-state index is 13.8. The quantitative estimate of drug-likeness (QED) is 0.429. The second-order valence-electron chi connectivity index (χ2n) is 7.09. The molecule has 0 aliphatic carbocycles. The third kappa shape index (κ3) is 4.97. The van der Waals surface area contributed by atoms with Crippen LogP contribution in [-0.2, 0) is 19.6 Å². The van der Waals surface area contributed by atoms with Crippen molar-refractivity contribution in [2.45, 2.75) is 33.5 Å². The molecule has 8 nitrogen and oxygen atoms in total. The number of benzene rings is 1. The van der Waals surface area contributed by atoms with E-state index in [1.54, 1.807) is 41.5 Å². The largest absolute Gasteiger partial charge is 0.330 e. The highest BCUT2D eigenvalue weighted by Crippen LogP contribution is 2.14. The number of nitrogens with one attached hydrogen (secondary N) is 2. The van der Waals surface area contributed by atoms with E-state index in [1.165, 1.54) is 6.07 Å². The summed E-state index contributed by atoms with van der Waals surface area (Å²) in [5.74, 6) is -0.251. The Balaban J connectivity index is 1.33. The lowest BCUT2D eigenvalue weighted by Gasteiger charge is -2.07. The summed E-state index contributed by atoms with van der Waals surface area (Å²) in [5, 5.41) is 19.6. The van der Waals surface area contributed by atoms with Crippen LogP contribution in [0.15, 0.2) is 55.2 Å². The zero-order valence-electron chi connectivity index (χ0n) is 17.3. The Kier molecular flexibility index (Phi) is 6.08. The van der Waals surface area contributed by atoms with Gasteiger partial charge in [-0.1, -0.05) is 18.2 Å². The Morgan fingerprint density at radius 2 is 1.55 bits per heavy atom. The van der Waals surface area contributed by atoms with E-state index in [9.17, 15) is 4.39 Å². The van der Waals surface area contributed by atoms with E-state index in [0.717, 1.165) is 23.5 Å². The van der Waals surface area contributed by atoms with Crippen molar-refractivity contribution in [2.24, 2.45) is 0 Å². The van der Waals surface area contributed by atoms with Gasteiger partial charge in [0.1, 0.15) is 5.82 Å². The van der Waals surface area contributed by atoms with Gasteiger partial charge in [-0.3, -0.25) is 14.0 Å². The van der Waals surface area contributed by atoms with Crippen LogP contribution in [0.1, 0.15) is 23.7 Å². The molecule has 0 fully saturated rings. The summed E-state index contributed by atoms with van der Waals surface area (Å²) in [7, 11) is 0. The van der Waals surface area contributed by atoms with Gasteiger partial charge in [0.2, 0.25) is 0 Å². The summed E-state index contributed by atoms with van der Waals surface area (Å²) in [6.45, 7) is 5.94. The molecule has 160 valence electrons. The standard InChI is InChI=1S/C21H23FN8S/c1-3-30-15(2)17(8-25-30)12-29-14-19(10-24-29)27-21(31)26-18-9-23-28(13-18)11-16-6-4-5-7-20(16)22/h4-10,13-14H,3,11-12H2,1-2H3,(H2,26,27,31). The minimum atomic E-state index is -0.251. The molecule has 0 bridgehead atoms. The Morgan fingerprint density at radius 1 is 0.935 bits per heavy atom. The SMILES string of the molecule is CCn1ncc(Cn2cc(NC(=S)Nc3cnn(Cc4ccccc4F)c3)cn2)c1C. The number of hydrogen-bond acceptors (Lipinski definition) is 4. The maximum Gasteiger partial charge on any atom is 0.175 e. The van der Waals surface area contributed by atoms with Crippen LogP contribution in [0.4, 0.5) is 15.8 Å². The van der Waals surface area contributed by atoms with Gasteiger partial charge in [-0.2, -0.15) is 15.3 Å². The first kappa shape index (κ1) is 20.7. The number of aromatic nitrogens is 6. The summed E-state index contributed by atoms with van der Waals surface area (Å²) >= 11 is 5.39. The number of rotatable bonds is 7. The van der Waals surface area contributed by atoms with E-state index in [0.29, 0.717) is 29.5 Å². The second-order valence-corrected chi connectivity index (χ2v) is 7.50. The van der Waals surface area contributed by atoms with E-state index in [4.69, 9.17) is 12.2 Å². The predicted molar refractivity (Wildman–Crippen MR) is 122 cm³/mol. The molecule has 0 unspecified atom stereocenters. The van der Waals surface area contributed by atoms with E-state index < -0.39 is 0 Å². The van der Waals surface area contributed by atoms with Gasteiger partial charge in [0.25, 0.3) is 0 Å². The van der Waals surface area contributed by atoms with Crippen molar-refractivity contribution in [3.63, 3.8) is 0 Å². The Hall–Kier alpha value is -3.53. The van der Waals surface area contributed by atoms with E-state index >= 15 is 0 Å². The van der Waals surface area contributed by atoms with Crippen LogP contribution >= 0.6 is 12.2 Å². The molecular formula is C21H23FN8S. The number of halogens is 1. The lowest BCUT2D eigenvalue weighted by atomic mass is 10.2. The molecule has 0 aliphatic rings. The van der Waals surface area contributed by atoms with Gasteiger partial charge in [-0.25, -0.2) is 4.39 Å². The van der Waals surface area contributed by atoms with Crippen LogP contribution in [0, 0.1) is 12.7 Å². The van der Waals surface area contributed by atoms with Crippen LogP contribution in [0.25, 0.3) is 0 Å². The fourth-order valence-corrected chi connectivity index (χ4v) is 3.49. The molecule has 2 N–H and O–H groups in total. The zero-order valence-corrected chi connectivity index (χ0v) is 18.1.